The number of ether oxygens (including phenoxy) is 1. The topological polar surface area (TPSA) is 80.8 Å². The lowest BCUT2D eigenvalue weighted by molar-refractivity contribution is -0.143. The minimum absolute atomic E-state index is 0.104. The predicted octanol–water partition coefficient (Wildman–Crippen LogP) is 1.77. The Hall–Kier alpha value is -1.73. The van der Waals surface area contributed by atoms with Crippen LogP contribution >= 0.6 is 0 Å². The maximum absolute atomic E-state index is 12.8. The van der Waals surface area contributed by atoms with Gasteiger partial charge in [-0.1, -0.05) is 17.7 Å². The first kappa shape index (κ1) is 18.6. The van der Waals surface area contributed by atoms with Crippen LogP contribution in [0.4, 0.5) is 0 Å². The van der Waals surface area contributed by atoms with Gasteiger partial charge in [-0.2, -0.15) is 4.31 Å². The number of piperidine rings is 1. The summed E-state index contributed by atoms with van der Waals surface area (Å²) in [5.74, 6) is -1.15. The van der Waals surface area contributed by atoms with Gasteiger partial charge in [0.1, 0.15) is 5.78 Å². The van der Waals surface area contributed by atoms with Crippen LogP contribution in [0.5, 0.6) is 0 Å². The largest absolute Gasteiger partial charge is 0.469 e. The van der Waals surface area contributed by atoms with E-state index >= 15 is 0 Å². The number of methoxy groups -OCH3 is 1. The summed E-state index contributed by atoms with van der Waals surface area (Å²) in [5.41, 5.74) is 0.979. The van der Waals surface area contributed by atoms with Crippen LogP contribution < -0.4 is 0 Å². The summed E-state index contributed by atoms with van der Waals surface area (Å²) >= 11 is 0. The highest BCUT2D eigenvalue weighted by Crippen LogP contribution is 2.31. The fourth-order valence-corrected chi connectivity index (χ4v) is 4.53. The van der Waals surface area contributed by atoms with Crippen LogP contribution in [0, 0.1) is 18.8 Å². The average Bonchev–Trinajstić information content (AvgIpc) is 2.55. The van der Waals surface area contributed by atoms with Crippen molar-refractivity contribution in [1.29, 1.82) is 0 Å². The molecule has 6 nitrogen and oxygen atoms in total. The smallest absolute Gasteiger partial charge is 0.305 e. The Bertz CT molecular complexity index is 711. The van der Waals surface area contributed by atoms with Crippen LogP contribution in [-0.4, -0.2) is 44.7 Å². The molecule has 2 atom stereocenters. The van der Waals surface area contributed by atoms with E-state index in [4.69, 9.17) is 0 Å². The lowest BCUT2D eigenvalue weighted by Gasteiger charge is -2.36. The van der Waals surface area contributed by atoms with Gasteiger partial charge in [-0.05, 0) is 38.3 Å². The van der Waals surface area contributed by atoms with Crippen LogP contribution in [0.1, 0.15) is 25.3 Å². The minimum atomic E-state index is -3.64. The second-order valence-corrected chi connectivity index (χ2v) is 8.16. The SMILES string of the molecule is COC(=O)C[C@H]1CCN(S(=O)(=O)c2ccc(C)cc2)C[C@@H]1C(C)=O. The standard InChI is InChI=1S/C17H23NO5S/c1-12-4-6-15(7-5-12)24(21,22)18-9-8-14(10-17(20)23-3)16(11-18)13(2)19/h4-7,14,16H,8-11H2,1-3H3/t14-,16-/m1/s1. The molecular formula is C17H23NO5S. The molecule has 0 radical (unpaired) electrons. The number of aryl methyl sites for hydroxylation is 1. The number of rotatable bonds is 5. The molecule has 0 unspecified atom stereocenters. The lowest BCUT2D eigenvalue weighted by atomic mass is 9.82. The number of ketones is 1. The summed E-state index contributed by atoms with van der Waals surface area (Å²) in [6, 6.07) is 6.65. The average molecular weight is 353 g/mol. The quantitative estimate of drug-likeness (QED) is 0.754. The van der Waals surface area contributed by atoms with Gasteiger partial charge in [0.15, 0.2) is 0 Å². The van der Waals surface area contributed by atoms with Gasteiger partial charge >= 0.3 is 5.97 Å². The second kappa shape index (κ2) is 7.44. The summed E-state index contributed by atoms with van der Waals surface area (Å²) in [6.07, 6.45) is 0.601. The van der Waals surface area contributed by atoms with Gasteiger partial charge in [0.25, 0.3) is 0 Å². The van der Waals surface area contributed by atoms with E-state index in [1.165, 1.54) is 18.3 Å². The molecule has 1 aliphatic rings. The van der Waals surface area contributed by atoms with Crippen LogP contribution in [0.3, 0.4) is 0 Å². The number of carbonyl (C=O) groups excluding carboxylic acids is 2. The summed E-state index contributed by atoms with van der Waals surface area (Å²) < 4.78 is 31.6. The van der Waals surface area contributed by atoms with Gasteiger partial charge in [0.2, 0.25) is 10.0 Å². The molecule has 132 valence electrons. The monoisotopic (exact) mass is 353 g/mol. The van der Waals surface area contributed by atoms with Crippen LogP contribution in [0.2, 0.25) is 0 Å². The van der Waals surface area contributed by atoms with E-state index in [1.807, 2.05) is 6.92 Å². The van der Waals surface area contributed by atoms with Crippen molar-refractivity contribution in [3.8, 4) is 0 Å². The van der Waals surface area contributed by atoms with E-state index in [0.29, 0.717) is 13.0 Å². The van der Waals surface area contributed by atoms with Gasteiger partial charge in [-0.15, -0.1) is 0 Å². The maximum Gasteiger partial charge on any atom is 0.305 e. The third kappa shape index (κ3) is 4.02. The van der Waals surface area contributed by atoms with Crippen LogP contribution in [0.15, 0.2) is 29.2 Å². The Balaban J connectivity index is 2.20. The normalized spacial score (nSPS) is 22.1. The fraction of sp³-hybridized carbons (Fsp3) is 0.529. The zero-order chi connectivity index (χ0) is 17.9. The number of benzene rings is 1. The molecule has 0 saturated carbocycles. The molecule has 1 aliphatic heterocycles. The molecule has 0 spiro atoms. The highest BCUT2D eigenvalue weighted by atomic mass is 32.2. The number of hydrogen-bond donors (Lipinski definition) is 0. The van der Waals surface area contributed by atoms with Crippen LogP contribution in [0.25, 0.3) is 0 Å². The van der Waals surface area contributed by atoms with Crippen molar-refractivity contribution in [2.24, 2.45) is 11.8 Å². The molecule has 0 bridgehead atoms. The summed E-state index contributed by atoms with van der Waals surface area (Å²) in [5, 5.41) is 0. The van der Waals surface area contributed by atoms with E-state index in [2.05, 4.69) is 4.74 Å². The van der Waals surface area contributed by atoms with Crippen molar-refractivity contribution in [2.75, 3.05) is 20.2 Å². The number of esters is 1. The summed E-state index contributed by atoms with van der Waals surface area (Å²) in [7, 11) is -2.33. The maximum atomic E-state index is 12.8. The van der Waals surface area contributed by atoms with Crippen molar-refractivity contribution in [3.05, 3.63) is 29.8 Å². The molecule has 2 rings (SSSR count). The first-order valence-electron chi connectivity index (χ1n) is 7.89. The Morgan fingerprint density at radius 1 is 1.25 bits per heavy atom. The fourth-order valence-electron chi connectivity index (χ4n) is 3.05. The van der Waals surface area contributed by atoms with Crippen LogP contribution in [-0.2, 0) is 24.3 Å². The Labute approximate surface area is 142 Å². The van der Waals surface area contributed by atoms with E-state index in [1.54, 1.807) is 24.3 Å². The number of hydrogen-bond acceptors (Lipinski definition) is 5. The van der Waals surface area contributed by atoms with Gasteiger partial charge < -0.3 is 4.74 Å². The van der Waals surface area contributed by atoms with Gasteiger partial charge in [-0.25, -0.2) is 8.42 Å². The van der Waals surface area contributed by atoms with Crippen molar-refractivity contribution >= 4 is 21.8 Å². The Morgan fingerprint density at radius 2 is 1.88 bits per heavy atom. The molecular weight excluding hydrogens is 330 g/mol. The molecule has 1 heterocycles. The first-order valence-corrected chi connectivity index (χ1v) is 9.33. The van der Waals surface area contributed by atoms with E-state index < -0.39 is 15.9 Å². The van der Waals surface area contributed by atoms with E-state index in [0.717, 1.165) is 5.56 Å². The second-order valence-electron chi connectivity index (χ2n) is 6.22. The van der Waals surface area contributed by atoms with Gasteiger partial charge in [-0.3, -0.25) is 9.59 Å². The number of Topliss-reactive ketones (excluding diaryl/α,β-unsaturated/α-hetero) is 1. The lowest BCUT2D eigenvalue weighted by Crippen LogP contribution is -2.46. The third-order valence-electron chi connectivity index (χ3n) is 4.56. The van der Waals surface area contributed by atoms with Gasteiger partial charge in [0, 0.05) is 25.4 Å². The molecule has 0 aliphatic carbocycles. The molecule has 1 fully saturated rings. The zero-order valence-electron chi connectivity index (χ0n) is 14.2. The number of sulfonamides is 1. The number of carbonyl (C=O) groups is 2. The first-order chi connectivity index (χ1) is 11.3. The molecule has 24 heavy (non-hydrogen) atoms. The minimum Gasteiger partial charge on any atom is -0.469 e. The molecule has 0 N–H and O–H groups in total. The van der Waals surface area contributed by atoms with E-state index in [-0.39, 0.29) is 35.5 Å². The predicted molar refractivity (Wildman–Crippen MR) is 88.8 cm³/mol. The highest BCUT2D eigenvalue weighted by Gasteiger charge is 2.38. The molecule has 0 aromatic heterocycles. The molecule has 0 amide bonds. The Morgan fingerprint density at radius 3 is 2.42 bits per heavy atom. The molecule has 7 heteroatoms. The molecule has 1 aromatic carbocycles. The Kier molecular flexibility index (Phi) is 5.77. The van der Waals surface area contributed by atoms with Crippen molar-refractivity contribution in [1.82, 2.24) is 4.31 Å². The van der Waals surface area contributed by atoms with Crippen molar-refractivity contribution < 1.29 is 22.7 Å². The molecule has 1 aromatic rings. The highest BCUT2D eigenvalue weighted by molar-refractivity contribution is 7.89. The molecule has 1 saturated heterocycles. The van der Waals surface area contributed by atoms with Crippen molar-refractivity contribution in [2.45, 2.75) is 31.6 Å². The summed E-state index contributed by atoms with van der Waals surface area (Å²) in [6.45, 7) is 3.73. The third-order valence-corrected chi connectivity index (χ3v) is 6.44. The zero-order valence-corrected chi connectivity index (χ0v) is 15.0. The van der Waals surface area contributed by atoms with Crippen molar-refractivity contribution in [3.63, 3.8) is 0 Å². The summed E-state index contributed by atoms with van der Waals surface area (Å²) in [4.78, 5) is 23.7. The number of nitrogens with zero attached hydrogens (tertiary/aromatic N) is 1. The van der Waals surface area contributed by atoms with Gasteiger partial charge in [0.05, 0.1) is 12.0 Å². The van der Waals surface area contributed by atoms with E-state index in [9.17, 15) is 18.0 Å².